The molecule has 1 aliphatic rings. The van der Waals surface area contributed by atoms with Gasteiger partial charge in [-0.2, -0.15) is 0 Å². The molecule has 0 atom stereocenters. The van der Waals surface area contributed by atoms with E-state index < -0.39 is 9.05 Å². The fraction of sp³-hybridized carbons (Fsp3) is 0.500. The summed E-state index contributed by atoms with van der Waals surface area (Å²) in [6, 6.07) is 3.00. The lowest BCUT2D eigenvalue weighted by molar-refractivity contribution is 0.0735. The summed E-state index contributed by atoms with van der Waals surface area (Å²) >= 11 is 6.04. The van der Waals surface area contributed by atoms with Crippen LogP contribution in [0.15, 0.2) is 17.0 Å². The number of amides is 1. The number of carbonyl (C=O) groups excluding carboxylic acids is 1. The Kier molecular flexibility index (Phi) is 4.85. The smallest absolute Gasteiger partial charge is 0.261 e. The minimum atomic E-state index is -3.94. The van der Waals surface area contributed by atoms with Crippen molar-refractivity contribution >= 4 is 37.2 Å². The number of rotatable bonds is 3. The summed E-state index contributed by atoms with van der Waals surface area (Å²) in [5.74, 6) is -0.231. The third kappa shape index (κ3) is 3.52. The lowest BCUT2D eigenvalue weighted by atomic mass is 10.1. The van der Waals surface area contributed by atoms with Crippen molar-refractivity contribution in [3.8, 4) is 0 Å². The van der Waals surface area contributed by atoms with Crippen LogP contribution in [0.3, 0.4) is 0 Å². The van der Waals surface area contributed by atoms with E-state index in [-0.39, 0.29) is 27.4 Å². The molecule has 1 aromatic rings. The number of halogens is 2. The maximum Gasteiger partial charge on any atom is 0.261 e. The van der Waals surface area contributed by atoms with Crippen molar-refractivity contribution in [2.75, 3.05) is 7.05 Å². The van der Waals surface area contributed by atoms with Gasteiger partial charge in [0.2, 0.25) is 0 Å². The van der Waals surface area contributed by atoms with Crippen LogP contribution in [0, 0.1) is 6.92 Å². The average Bonchev–Trinajstić information content (AvgIpc) is 2.92. The van der Waals surface area contributed by atoms with Crippen molar-refractivity contribution in [2.45, 2.75) is 43.5 Å². The third-order valence-corrected chi connectivity index (χ3v) is 5.84. The molecule has 0 bridgehead atoms. The molecule has 0 heterocycles. The van der Waals surface area contributed by atoms with Crippen LogP contribution in [-0.2, 0) is 9.05 Å². The number of carbonyl (C=O) groups is 1. The van der Waals surface area contributed by atoms with Gasteiger partial charge in [0, 0.05) is 34.4 Å². The summed E-state index contributed by atoms with van der Waals surface area (Å²) in [7, 11) is 3.21. The summed E-state index contributed by atoms with van der Waals surface area (Å²) in [6.45, 7) is 1.56. The summed E-state index contributed by atoms with van der Waals surface area (Å²) < 4.78 is 23.2. The first-order valence-corrected chi connectivity index (χ1v) is 9.42. The molecule has 0 aliphatic heterocycles. The topological polar surface area (TPSA) is 54.5 Å². The fourth-order valence-electron chi connectivity index (χ4n) is 2.69. The number of nitrogens with zero attached hydrogens (tertiary/aromatic N) is 1. The monoisotopic (exact) mass is 349 g/mol. The zero-order valence-corrected chi connectivity index (χ0v) is 14.2. The second-order valence-electron chi connectivity index (χ2n) is 5.37. The molecule has 0 N–H and O–H groups in total. The van der Waals surface area contributed by atoms with E-state index in [9.17, 15) is 13.2 Å². The van der Waals surface area contributed by atoms with Crippen LogP contribution in [-0.4, -0.2) is 32.3 Å². The summed E-state index contributed by atoms with van der Waals surface area (Å²) in [5, 5.41) is 0.222. The zero-order valence-electron chi connectivity index (χ0n) is 11.9. The van der Waals surface area contributed by atoms with Crippen molar-refractivity contribution in [3.63, 3.8) is 0 Å². The molecule has 1 saturated carbocycles. The van der Waals surface area contributed by atoms with E-state index in [4.69, 9.17) is 22.3 Å². The van der Waals surface area contributed by atoms with Gasteiger partial charge >= 0.3 is 0 Å². The molecule has 0 saturated heterocycles. The quantitative estimate of drug-likeness (QED) is 0.783. The molecule has 21 heavy (non-hydrogen) atoms. The average molecular weight is 350 g/mol. The molecule has 2 rings (SSSR count). The number of hydrogen-bond acceptors (Lipinski definition) is 3. The standard InChI is InChI=1S/C14H17Cl2NO3S/c1-9-12(15)7-10(8-13(9)21(16,19)20)14(18)17(2)11-5-3-4-6-11/h7-8,11H,3-6H2,1-2H3. The van der Waals surface area contributed by atoms with Crippen LogP contribution < -0.4 is 0 Å². The van der Waals surface area contributed by atoms with Crippen molar-refractivity contribution in [1.82, 2.24) is 4.90 Å². The highest BCUT2D eigenvalue weighted by Gasteiger charge is 2.26. The van der Waals surface area contributed by atoms with E-state index in [2.05, 4.69) is 0 Å². The van der Waals surface area contributed by atoms with Crippen LogP contribution in [0.1, 0.15) is 41.6 Å². The Morgan fingerprint density at radius 1 is 1.29 bits per heavy atom. The molecule has 116 valence electrons. The molecule has 7 heteroatoms. The van der Waals surface area contributed by atoms with Gasteiger partial charge in [-0.1, -0.05) is 24.4 Å². The highest BCUT2D eigenvalue weighted by Crippen LogP contribution is 2.29. The van der Waals surface area contributed by atoms with Gasteiger partial charge in [0.1, 0.15) is 0 Å². The Balaban J connectivity index is 2.40. The van der Waals surface area contributed by atoms with E-state index in [1.165, 1.54) is 12.1 Å². The van der Waals surface area contributed by atoms with Gasteiger partial charge in [-0.05, 0) is 37.5 Å². The largest absolute Gasteiger partial charge is 0.339 e. The highest BCUT2D eigenvalue weighted by atomic mass is 35.7. The summed E-state index contributed by atoms with van der Waals surface area (Å²) in [6.07, 6.45) is 4.17. The highest BCUT2D eigenvalue weighted by molar-refractivity contribution is 8.13. The van der Waals surface area contributed by atoms with Gasteiger partial charge in [-0.15, -0.1) is 0 Å². The Hall–Kier alpha value is -0.780. The van der Waals surface area contributed by atoms with Crippen molar-refractivity contribution < 1.29 is 13.2 Å². The Morgan fingerprint density at radius 2 is 1.86 bits per heavy atom. The van der Waals surface area contributed by atoms with E-state index in [1.54, 1.807) is 18.9 Å². The molecule has 0 aromatic heterocycles. The molecule has 1 fully saturated rings. The van der Waals surface area contributed by atoms with Crippen LogP contribution in [0.4, 0.5) is 0 Å². The maximum absolute atomic E-state index is 12.5. The predicted octanol–water partition coefficient (Wildman–Crippen LogP) is 3.59. The molecular weight excluding hydrogens is 333 g/mol. The maximum atomic E-state index is 12.5. The molecule has 1 aromatic carbocycles. The van der Waals surface area contributed by atoms with Gasteiger partial charge in [0.05, 0.1) is 4.90 Å². The van der Waals surface area contributed by atoms with E-state index in [0.717, 1.165) is 25.7 Å². The molecule has 0 spiro atoms. The van der Waals surface area contributed by atoms with Crippen molar-refractivity contribution in [3.05, 3.63) is 28.3 Å². The van der Waals surface area contributed by atoms with E-state index in [1.807, 2.05) is 0 Å². The molecular formula is C14H17Cl2NO3S. The first kappa shape index (κ1) is 16.6. The number of hydrogen-bond donors (Lipinski definition) is 0. The van der Waals surface area contributed by atoms with Crippen molar-refractivity contribution in [2.24, 2.45) is 0 Å². The Bertz CT molecular complexity index is 667. The molecule has 4 nitrogen and oxygen atoms in total. The Labute approximate surface area is 134 Å². The van der Waals surface area contributed by atoms with Gasteiger partial charge in [-0.25, -0.2) is 8.42 Å². The fourth-order valence-corrected chi connectivity index (χ4v) is 4.19. The van der Waals surface area contributed by atoms with Crippen LogP contribution in [0.25, 0.3) is 0 Å². The summed E-state index contributed by atoms with van der Waals surface area (Å²) in [5.41, 5.74) is 0.603. The minimum absolute atomic E-state index is 0.111. The van der Waals surface area contributed by atoms with Gasteiger partial charge in [-0.3, -0.25) is 4.79 Å². The second kappa shape index (κ2) is 6.15. The molecule has 1 aliphatic carbocycles. The molecule has 0 radical (unpaired) electrons. The minimum Gasteiger partial charge on any atom is -0.339 e. The van der Waals surface area contributed by atoms with Gasteiger partial charge in [0.25, 0.3) is 15.0 Å². The SMILES string of the molecule is Cc1c(Cl)cc(C(=O)N(C)C2CCCC2)cc1S(=O)(=O)Cl. The normalized spacial score (nSPS) is 16.2. The molecule has 1 amide bonds. The van der Waals surface area contributed by atoms with Crippen LogP contribution in [0.5, 0.6) is 0 Å². The van der Waals surface area contributed by atoms with E-state index in [0.29, 0.717) is 5.56 Å². The van der Waals surface area contributed by atoms with Crippen LogP contribution >= 0.6 is 22.3 Å². The second-order valence-corrected chi connectivity index (χ2v) is 8.31. The third-order valence-electron chi connectivity index (χ3n) is 4.00. The lowest BCUT2D eigenvalue weighted by Crippen LogP contribution is -2.35. The predicted molar refractivity (Wildman–Crippen MR) is 83.6 cm³/mol. The van der Waals surface area contributed by atoms with Crippen molar-refractivity contribution in [1.29, 1.82) is 0 Å². The number of benzene rings is 1. The van der Waals surface area contributed by atoms with Gasteiger partial charge < -0.3 is 4.90 Å². The Morgan fingerprint density at radius 3 is 2.38 bits per heavy atom. The first-order valence-electron chi connectivity index (χ1n) is 6.74. The first-order chi connectivity index (χ1) is 9.71. The van der Waals surface area contributed by atoms with Gasteiger partial charge in [0.15, 0.2) is 0 Å². The summed E-state index contributed by atoms with van der Waals surface area (Å²) in [4.78, 5) is 14.1. The lowest BCUT2D eigenvalue weighted by Gasteiger charge is -2.24. The van der Waals surface area contributed by atoms with E-state index >= 15 is 0 Å². The van der Waals surface area contributed by atoms with Crippen LogP contribution in [0.2, 0.25) is 5.02 Å². The molecule has 0 unspecified atom stereocenters. The zero-order chi connectivity index (χ0) is 15.8.